The second-order valence-corrected chi connectivity index (χ2v) is 10.0. The SMILES string of the molecule is CCOc1cccc(OCC)c1C(=O)P(=O)(C(=O)c1c(OC)cc(OC)cc1OC)c1ccccc1. The third kappa shape index (κ3) is 4.95. The molecule has 0 amide bonds. The molecule has 0 fully saturated rings. The predicted molar refractivity (Wildman–Crippen MR) is 137 cm³/mol. The van der Waals surface area contributed by atoms with Crippen LogP contribution in [0.1, 0.15) is 34.6 Å². The van der Waals surface area contributed by atoms with Crippen LogP contribution in [0.4, 0.5) is 0 Å². The van der Waals surface area contributed by atoms with Gasteiger partial charge in [-0.15, -0.1) is 0 Å². The van der Waals surface area contributed by atoms with Crippen LogP contribution in [0.2, 0.25) is 0 Å². The Bertz CT molecular complexity index is 1240. The van der Waals surface area contributed by atoms with Crippen LogP contribution in [0.15, 0.2) is 60.7 Å². The fourth-order valence-electron chi connectivity index (χ4n) is 3.77. The van der Waals surface area contributed by atoms with Gasteiger partial charge < -0.3 is 28.2 Å². The largest absolute Gasteiger partial charge is 0.496 e. The average molecular weight is 512 g/mol. The molecule has 0 N–H and O–H groups in total. The first kappa shape index (κ1) is 26.8. The standard InChI is InChI=1S/C27H29O8P/c1-6-34-20-14-11-15-21(35-7-2)24(20)26(28)36(30,19-12-9-8-10-13-19)27(29)25-22(32-4)16-18(31-3)17-23(25)33-5/h8-17H,6-7H2,1-5H3. The Morgan fingerprint density at radius 1 is 0.667 bits per heavy atom. The molecule has 1 atom stereocenters. The quantitative estimate of drug-likeness (QED) is 0.306. The highest BCUT2D eigenvalue weighted by molar-refractivity contribution is 8.01. The van der Waals surface area contributed by atoms with Crippen LogP contribution in [0.5, 0.6) is 28.7 Å². The summed E-state index contributed by atoms with van der Waals surface area (Å²) in [6.45, 7) is 4.02. The highest BCUT2D eigenvalue weighted by atomic mass is 31.2. The number of benzene rings is 3. The summed E-state index contributed by atoms with van der Waals surface area (Å²) in [6, 6.07) is 15.7. The second-order valence-electron chi connectivity index (χ2n) is 7.46. The minimum absolute atomic E-state index is 0.0586. The minimum Gasteiger partial charge on any atom is -0.496 e. The van der Waals surface area contributed by atoms with Gasteiger partial charge in [-0.3, -0.25) is 9.59 Å². The smallest absolute Gasteiger partial charge is 0.249 e. The summed E-state index contributed by atoms with van der Waals surface area (Å²) in [6.07, 6.45) is 0. The van der Waals surface area contributed by atoms with Crippen LogP contribution >= 0.6 is 7.14 Å². The summed E-state index contributed by atoms with van der Waals surface area (Å²) in [4.78, 5) is 28.5. The van der Waals surface area contributed by atoms with Crippen molar-refractivity contribution in [3.8, 4) is 28.7 Å². The van der Waals surface area contributed by atoms with Crippen LogP contribution in [0.3, 0.4) is 0 Å². The van der Waals surface area contributed by atoms with Crippen LogP contribution < -0.4 is 29.0 Å². The fraction of sp³-hybridized carbons (Fsp3) is 0.259. The van der Waals surface area contributed by atoms with Gasteiger partial charge in [0.2, 0.25) is 18.2 Å². The van der Waals surface area contributed by atoms with Gasteiger partial charge in [0.05, 0.1) is 34.5 Å². The molecule has 0 bridgehead atoms. The topological polar surface area (TPSA) is 97.4 Å². The summed E-state index contributed by atoms with van der Waals surface area (Å²) in [7, 11) is -0.371. The number of hydrogen-bond acceptors (Lipinski definition) is 8. The van der Waals surface area contributed by atoms with Crippen molar-refractivity contribution in [3.05, 3.63) is 71.8 Å². The molecule has 0 aliphatic carbocycles. The van der Waals surface area contributed by atoms with E-state index >= 15 is 0 Å². The molecule has 1 unspecified atom stereocenters. The van der Waals surface area contributed by atoms with Gasteiger partial charge in [-0.2, -0.15) is 0 Å². The molecule has 0 aromatic heterocycles. The van der Waals surface area contributed by atoms with E-state index in [-0.39, 0.29) is 52.6 Å². The van der Waals surface area contributed by atoms with E-state index in [1.54, 1.807) is 50.2 Å². The number of rotatable bonds is 12. The Morgan fingerprint density at radius 2 is 1.14 bits per heavy atom. The summed E-state index contributed by atoms with van der Waals surface area (Å²) < 4.78 is 42.4. The highest BCUT2D eigenvalue weighted by Crippen LogP contribution is 2.56. The summed E-state index contributed by atoms with van der Waals surface area (Å²) in [5, 5.41) is 0.0636. The second kappa shape index (κ2) is 11.8. The van der Waals surface area contributed by atoms with Gasteiger partial charge >= 0.3 is 0 Å². The van der Waals surface area contributed by atoms with Crippen LogP contribution in [0.25, 0.3) is 0 Å². The predicted octanol–water partition coefficient (Wildman–Crippen LogP) is 5.18. The lowest BCUT2D eigenvalue weighted by molar-refractivity contribution is 0.103. The van der Waals surface area contributed by atoms with Gasteiger partial charge in [-0.25, -0.2) is 0 Å². The number of carbonyl (C=O) groups is 2. The molecular weight excluding hydrogens is 483 g/mol. The Hall–Kier alpha value is -3.77. The molecule has 0 saturated heterocycles. The monoisotopic (exact) mass is 512 g/mol. The van der Waals surface area contributed by atoms with Crippen molar-refractivity contribution in [2.45, 2.75) is 13.8 Å². The van der Waals surface area contributed by atoms with Crippen molar-refractivity contribution in [1.82, 2.24) is 0 Å². The zero-order valence-electron chi connectivity index (χ0n) is 20.9. The van der Waals surface area contributed by atoms with Crippen molar-refractivity contribution in [2.75, 3.05) is 34.5 Å². The lowest BCUT2D eigenvalue weighted by Gasteiger charge is -2.22. The number of ether oxygens (including phenoxy) is 5. The van der Waals surface area contributed by atoms with Crippen molar-refractivity contribution < 1.29 is 37.8 Å². The molecule has 3 rings (SSSR count). The first-order chi connectivity index (χ1) is 17.4. The molecular formula is C27H29O8P. The van der Waals surface area contributed by atoms with Gasteiger partial charge in [0.1, 0.15) is 39.9 Å². The molecule has 0 aliphatic heterocycles. The van der Waals surface area contributed by atoms with E-state index in [4.69, 9.17) is 23.7 Å². The molecule has 3 aromatic carbocycles. The Morgan fingerprint density at radius 3 is 1.56 bits per heavy atom. The van der Waals surface area contributed by atoms with Crippen LogP contribution in [-0.4, -0.2) is 45.6 Å². The maximum Gasteiger partial charge on any atom is 0.249 e. The van der Waals surface area contributed by atoms with E-state index in [0.29, 0.717) is 5.75 Å². The first-order valence-electron chi connectivity index (χ1n) is 11.3. The first-order valence-corrected chi connectivity index (χ1v) is 13.0. The van der Waals surface area contributed by atoms with Gasteiger partial charge in [0.15, 0.2) is 0 Å². The average Bonchev–Trinajstić information content (AvgIpc) is 2.92. The Balaban J connectivity index is 2.35. The van der Waals surface area contributed by atoms with Crippen molar-refractivity contribution in [1.29, 1.82) is 0 Å². The summed E-state index contributed by atoms with van der Waals surface area (Å²) in [5.74, 6) is 0.824. The maximum absolute atomic E-state index is 14.9. The van der Waals surface area contributed by atoms with Crippen LogP contribution in [-0.2, 0) is 4.57 Å². The maximum atomic E-state index is 14.9. The third-order valence-electron chi connectivity index (χ3n) is 5.42. The third-order valence-corrected chi connectivity index (χ3v) is 8.04. The normalized spacial score (nSPS) is 12.2. The van der Waals surface area contributed by atoms with E-state index in [9.17, 15) is 14.2 Å². The molecule has 9 heteroatoms. The van der Waals surface area contributed by atoms with Gasteiger partial charge in [-0.1, -0.05) is 36.4 Å². The van der Waals surface area contributed by atoms with Crippen molar-refractivity contribution in [3.63, 3.8) is 0 Å². The van der Waals surface area contributed by atoms with E-state index in [0.717, 1.165) is 0 Å². The highest BCUT2D eigenvalue weighted by Gasteiger charge is 2.47. The minimum atomic E-state index is -4.54. The number of hydrogen-bond donors (Lipinski definition) is 0. The summed E-state index contributed by atoms with van der Waals surface area (Å²) >= 11 is 0. The van der Waals surface area contributed by atoms with Crippen molar-refractivity contribution in [2.24, 2.45) is 0 Å². The Labute approximate surface area is 210 Å². The van der Waals surface area contributed by atoms with E-state index in [2.05, 4.69) is 0 Å². The number of carbonyl (C=O) groups excluding carboxylic acids is 2. The number of methoxy groups -OCH3 is 3. The van der Waals surface area contributed by atoms with Gasteiger partial charge in [0.25, 0.3) is 0 Å². The lowest BCUT2D eigenvalue weighted by Crippen LogP contribution is -2.22. The molecule has 0 radical (unpaired) electrons. The van der Waals surface area contributed by atoms with Crippen molar-refractivity contribution >= 4 is 23.5 Å². The summed E-state index contributed by atoms with van der Waals surface area (Å²) in [5.41, 5.74) is -2.05. The molecule has 0 saturated carbocycles. The molecule has 0 heterocycles. The van der Waals surface area contributed by atoms with E-state index in [1.807, 2.05) is 0 Å². The Kier molecular flexibility index (Phi) is 8.78. The molecule has 0 spiro atoms. The van der Waals surface area contributed by atoms with E-state index in [1.165, 1.54) is 45.6 Å². The van der Waals surface area contributed by atoms with Gasteiger partial charge in [0, 0.05) is 17.4 Å². The van der Waals surface area contributed by atoms with E-state index < -0.39 is 18.2 Å². The van der Waals surface area contributed by atoms with Crippen LogP contribution in [0, 0.1) is 0 Å². The zero-order chi connectivity index (χ0) is 26.3. The fourth-order valence-corrected chi connectivity index (χ4v) is 6.09. The molecule has 8 nitrogen and oxygen atoms in total. The molecule has 3 aromatic rings. The molecule has 36 heavy (non-hydrogen) atoms. The zero-order valence-corrected chi connectivity index (χ0v) is 21.8. The lowest BCUT2D eigenvalue weighted by atomic mass is 10.2. The molecule has 0 aliphatic rings. The van der Waals surface area contributed by atoms with Gasteiger partial charge in [-0.05, 0) is 26.0 Å². The molecule has 190 valence electrons.